The van der Waals surface area contributed by atoms with Crippen molar-refractivity contribution in [3.8, 4) is 0 Å². The minimum absolute atomic E-state index is 0.00455. The Morgan fingerprint density at radius 1 is 1.23 bits per heavy atom. The summed E-state index contributed by atoms with van der Waals surface area (Å²) in [6.45, 7) is 0. The fourth-order valence-electron chi connectivity index (χ4n) is 3.83. The van der Waals surface area contributed by atoms with Crippen molar-refractivity contribution < 1.29 is 14.3 Å². The normalized spacial score (nSPS) is 23.2. The number of pyridine rings is 1. The van der Waals surface area contributed by atoms with Crippen LogP contribution in [0.3, 0.4) is 0 Å². The van der Waals surface area contributed by atoms with Gasteiger partial charge >= 0.3 is 5.97 Å². The monoisotopic (exact) mass is 359 g/mol. The van der Waals surface area contributed by atoms with E-state index in [1.54, 1.807) is 10.6 Å². The maximum Gasteiger partial charge on any atom is 0.341 e. The number of fused-ring (bicyclic) bond motifs is 1. The Labute approximate surface area is 149 Å². The third kappa shape index (κ3) is 2.96. The lowest BCUT2D eigenvalue weighted by Gasteiger charge is -2.30. The Morgan fingerprint density at radius 3 is 2.62 bits per heavy atom. The standard InChI is InChI=1S/C19H22FN3O3/c20-13-7-11-17(8-16(13)22-15-4-2-1-3-14(15)21)23(10-5-6-10)9-12(18(11)24)19(25)26/h7-10,14-15,22H,1-6,21H2,(H,25,26)/t14-,15+/m0/s1. The first-order chi connectivity index (χ1) is 12.5. The SMILES string of the molecule is N[C@H]1CCCC[C@H]1Nc1cc2c(cc1F)c(=O)c(C(=O)O)cn2C1CC1. The molecule has 2 aliphatic rings. The van der Waals surface area contributed by atoms with Gasteiger partial charge in [-0.25, -0.2) is 9.18 Å². The van der Waals surface area contributed by atoms with Crippen LogP contribution >= 0.6 is 0 Å². The summed E-state index contributed by atoms with van der Waals surface area (Å²) in [6.07, 6.45) is 7.15. The highest BCUT2D eigenvalue weighted by Crippen LogP contribution is 2.38. The van der Waals surface area contributed by atoms with E-state index in [1.807, 2.05) is 0 Å². The van der Waals surface area contributed by atoms with Gasteiger partial charge in [-0.15, -0.1) is 0 Å². The van der Waals surface area contributed by atoms with Crippen LogP contribution in [0.25, 0.3) is 10.9 Å². The molecule has 2 saturated carbocycles. The number of anilines is 1. The molecular weight excluding hydrogens is 337 g/mol. The fraction of sp³-hybridized carbons (Fsp3) is 0.474. The van der Waals surface area contributed by atoms with Gasteiger partial charge in [0.2, 0.25) is 5.43 Å². The van der Waals surface area contributed by atoms with E-state index in [0.29, 0.717) is 11.2 Å². The van der Waals surface area contributed by atoms with Crippen molar-refractivity contribution in [2.24, 2.45) is 5.73 Å². The lowest BCUT2D eigenvalue weighted by Crippen LogP contribution is -2.42. The lowest BCUT2D eigenvalue weighted by molar-refractivity contribution is 0.0695. The van der Waals surface area contributed by atoms with E-state index in [1.165, 1.54) is 6.20 Å². The summed E-state index contributed by atoms with van der Waals surface area (Å²) in [7, 11) is 0. The van der Waals surface area contributed by atoms with Crippen molar-refractivity contribution in [2.45, 2.75) is 56.7 Å². The molecule has 0 radical (unpaired) electrons. The molecule has 7 heteroatoms. The van der Waals surface area contributed by atoms with Crippen molar-refractivity contribution in [3.05, 3.63) is 39.9 Å². The van der Waals surface area contributed by atoms with Gasteiger partial charge in [-0.3, -0.25) is 4.79 Å². The largest absolute Gasteiger partial charge is 0.477 e. The second-order valence-electron chi connectivity index (χ2n) is 7.36. The van der Waals surface area contributed by atoms with Gasteiger partial charge < -0.3 is 20.7 Å². The molecule has 2 aromatic rings. The van der Waals surface area contributed by atoms with Crippen molar-refractivity contribution in [1.29, 1.82) is 0 Å². The lowest BCUT2D eigenvalue weighted by atomic mass is 9.91. The van der Waals surface area contributed by atoms with Crippen LogP contribution in [0.15, 0.2) is 23.1 Å². The van der Waals surface area contributed by atoms with Gasteiger partial charge in [0.15, 0.2) is 0 Å². The van der Waals surface area contributed by atoms with Gasteiger partial charge in [0.1, 0.15) is 11.4 Å². The molecule has 1 aromatic carbocycles. The molecule has 138 valence electrons. The van der Waals surface area contributed by atoms with Crippen LogP contribution in [0.5, 0.6) is 0 Å². The second kappa shape index (κ2) is 6.39. The molecule has 4 N–H and O–H groups in total. The Kier molecular flexibility index (Phi) is 4.19. The Morgan fingerprint density at radius 2 is 1.96 bits per heavy atom. The number of nitrogens with two attached hydrogens (primary N) is 1. The fourth-order valence-corrected chi connectivity index (χ4v) is 3.83. The van der Waals surface area contributed by atoms with Crippen LogP contribution in [-0.2, 0) is 0 Å². The molecule has 2 aliphatic carbocycles. The first kappa shape index (κ1) is 17.0. The topological polar surface area (TPSA) is 97.3 Å². The third-order valence-electron chi connectivity index (χ3n) is 5.45. The van der Waals surface area contributed by atoms with Crippen molar-refractivity contribution in [2.75, 3.05) is 5.32 Å². The molecule has 0 saturated heterocycles. The number of carbonyl (C=O) groups is 1. The van der Waals surface area contributed by atoms with E-state index in [-0.39, 0.29) is 29.1 Å². The number of nitrogens with zero attached hydrogens (tertiary/aromatic N) is 1. The summed E-state index contributed by atoms with van der Waals surface area (Å²) < 4.78 is 16.5. The molecule has 0 amide bonds. The maximum atomic E-state index is 14.7. The number of benzene rings is 1. The Hall–Kier alpha value is -2.41. The first-order valence-corrected chi connectivity index (χ1v) is 9.09. The molecule has 26 heavy (non-hydrogen) atoms. The first-order valence-electron chi connectivity index (χ1n) is 9.09. The quantitative estimate of drug-likeness (QED) is 0.780. The van der Waals surface area contributed by atoms with Gasteiger partial charge in [-0.1, -0.05) is 12.8 Å². The maximum absolute atomic E-state index is 14.7. The zero-order valence-electron chi connectivity index (χ0n) is 14.4. The third-order valence-corrected chi connectivity index (χ3v) is 5.45. The van der Waals surface area contributed by atoms with Gasteiger partial charge in [0, 0.05) is 29.7 Å². The predicted octanol–water partition coefficient (Wildman–Crippen LogP) is 2.86. The van der Waals surface area contributed by atoms with Crippen LogP contribution in [0, 0.1) is 5.82 Å². The number of carboxylic acids is 1. The summed E-state index contributed by atoms with van der Waals surface area (Å²) in [5.74, 6) is -1.85. The Balaban J connectivity index is 1.83. The summed E-state index contributed by atoms with van der Waals surface area (Å²) >= 11 is 0. The Bertz CT molecular complexity index is 936. The highest BCUT2D eigenvalue weighted by atomic mass is 19.1. The number of aromatic nitrogens is 1. The van der Waals surface area contributed by atoms with Crippen molar-refractivity contribution >= 4 is 22.6 Å². The number of carboxylic acid groups (broad SMARTS) is 1. The molecule has 0 spiro atoms. The highest BCUT2D eigenvalue weighted by Gasteiger charge is 2.28. The van der Waals surface area contributed by atoms with Crippen LogP contribution in [0.1, 0.15) is 54.9 Å². The van der Waals surface area contributed by atoms with Crippen LogP contribution in [0.4, 0.5) is 10.1 Å². The number of hydrogen-bond donors (Lipinski definition) is 3. The van der Waals surface area contributed by atoms with Gasteiger partial charge in [-0.05, 0) is 37.8 Å². The number of halogens is 1. The summed E-state index contributed by atoms with van der Waals surface area (Å²) in [6, 6.07) is 2.90. The average molecular weight is 359 g/mol. The van der Waals surface area contributed by atoms with Gasteiger partial charge in [-0.2, -0.15) is 0 Å². The van der Waals surface area contributed by atoms with E-state index in [4.69, 9.17) is 5.73 Å². The molecule has 2 fully saturated rings. The molecule has 4 rings (SSSR count). The van der Waals surface area contributed by atoms with Gasteiger partial charge in [0.05, 0.1) is 11.2 Å². The van der Waals surface area contributed by atoms with Crippen molar-refractivity contribution in [1.82, 2.24) is 4.57 Å². The zero-order valence-corrected chi connectivity index (χ0v) is 14.4. The van der Waals surface area contributed by atoms with E-state index >= 15 is 0 Å². The smallest absolute Gasteiger partial charge is 0.341 e. The number of hydrogen-bond acceptors (Lipinski definition) is 4. The zero-order chi connectivity index (χ0) is 18.4. The minimum Gasteiger partial charge on any atom is -0.477 e. The van der Waals surface area contributed by atoms with Crippen molar-refractivity contribution in [3.63, 3.8) is 0 Å². The summed E-state index contributed by atoms with van der Waals surface area (Å²) in [4.78, 5) is 23.8. The van der Waals surface area contributed by atoms with E-state index < -0.39 is 17.2 Å². The number of rotatable bonds is 4. The van der Waals surface area contributed by atoms with E-state index in [0.717, 1.165) is 44.6 Å². The molecule has 1 heterocycles. The minimum atomic E-state index is -1.29. The van der Waals surface area contributed by atoms with Crippen LogP contribution in [-0.4, -0.2) is 27.7 Å². The highest BCUT2D eigenvalue weighted by molar-refractivity contribution is 5.93. The predicted molar refractivity (Wildman–Crippen MR) is 97.3 cm³/mol. The van der Waals surface area contributed by atoms with E-state index in [2.05, 4.69) is 5.32 Å². The molecule has 0 bridgehead atoms. The van der Waals surface area contributed by atoms with Crippen LogP contribution in [0.2, 0.25) is 0 Å². The molecule has 2 atom stereocenters. The second-order valence-corrected chi connectivity index (χ2v) is 7.36. The average Bonchev–Trinajstić information content (AvgIpc) is 3.43. The van der Waals surface area contributed by atoms with Gasteiger partial charge in [0.25, 0.3) is 0 Å². The summed E-state index contributed by atoms with van der Waals surface area (Å²) in [5, 5.41) is 12.6. The molecule has 0 aliphatic heterocycles. The van der Waals surface area contributed by atoms with E-state index in [9.17, 15) is 19.1 Å². The number of nitrogens with one attached hydrogen (secondary N) is 1. The molecule has 1 aromatic heterocycles. The van der Waals surface area contributed by atoms with Crippen LogP contribution < -0.4 is 16.5 Å². The number of aromatic carboxylic acids is 1. The molecule has 0 unspecified atom stereocenters. The molecular formula is C19H22FN3O3. The summed E-state index contributed by atoms with van der Waals surface area (Å²) in [5.41, 5.74) is 6.06. The molecule has 6 nitrogen and oxygen atoms in total.